The van der Waals surface area contributed by atoms with Crippen LogP contribution in [0.25, 0.3) is 22.2 Å². The van der Waals surface area contributed by atoms with Crippen LogP contribution in [0.3, 0.4) is 0 Å². The molecule has 1 fully saturated rings. The molecule has 0 N–H and O–H groups in total. The van der Waals surface area contributed by atoms with Gasteiger partial charge in [-0.25, -0.2) is 4.98 Å². The van der Waals surface area contributed by atoms with Crippen LogP contribution in [0.5, 0.6) is 5.75 Å². The zero-order valence-electron chi connectivity index (χ0n) is 20.1. The van der Waals surface area contributed by atoms with E-state index in [4.69, 9.17) is 9.59 Å². The van der Waals surface area contributed by atoms with Gasteiger partial charge in [0.1, 0.15) is 11.6 Å². The van der Waals surface area contributed by atoms with Gasteiger partial charge in [-0.15, -0.1) is 0 Å². The third-order valence-corrected chi connectivity index (χ3v) is 6.29. The minimum atomic E-state index is -2.93. The number of fused-ring (bicyclic) bond motifs is 1. The van der Waals surface area contributed by atoms with Gasteiger partial charge in [-0.05, 0) is 37.5 Å². The quantitative estimate of drug-likeness (QED) is 0.389. The van der Waals surface area contributed by atoms with Gasteiger partial charge in [-0.3, -0.25) is 19.1 Å². The highest BCUT2D eigenvalue weighted by Crippen LogP contribution is 2.26. The third-order valence-electron chi connectivity index (χ3n) is 6.29. The second kappa shape index (κ2) is 11.6. The van der Waals surface area contributed by atoms with Crippen LogP contribution in [0.4, 0.5) is 14.6 Å². The van der Waals surface area contributed by atoms with Gasteiger partial charge < -0.3 is 9.64 Å². The average molecular weight is 510 g/mol. The molecule has 0 unspecified atom stereocenters. The molecule has 5 rings (SSSR count). The van der Waals surface area contributed by atoms with Crippen molar-refractivity contribution >= 4 is 22.9 Å². The van der Waals surface area contributed by atoms with Crippen LogP contribution in [0.1, 0.15) is 24.8 Å². The first-order valence-corrected chi connectivity index (χ1v) is 11.7. The number of hydrogen-bond donors (Lipinski definition) is 0. The number of aromatic nitrogens is 4. The Morgan fingerprint density at radius 3 is 2.43 bits per heavy atom. The molecule has 0 saturated carbocycles. The molecule has 1 aliphatic heterocycles. The average Bonchev–Trinajstić information content (AvgIpc) is 3.15. The molecule has 0 amide bonds. The van der Waals surface area contributed by atoms with Gasteiger partial charge >= 0.3 is 12.8 Å². The second-order valence-electron chi connectivity index (χ2n) is 8.50. The number of benzene rings is 2. The number of piperidine rings is 1. The zero-order chi connectivity index (χ0) is 26.4. The highest BCUT2D eigenvalue weighted by Gasteiger charge is 2.17. The summed E-state index contributed by atoms with van der Waals surface area (Å²) in [5.41, 5.74) is 2.58. The van der Waals surface area contributed by atoms with Crippen molar-refractivity contribution in [2.45, 2.75) is 32.4 Å². The van der Waals surface area contributed by atoms with E-state index < -0.39 is 6.61 Å². The Morgan fingerprint density at radius 1 is 1.03 bits per heavy atom. The normalized spacial score (nSPS) is 13.2. The fraction of sp³-hybridized carbons (Fsp3) is 0.308. The Bertz CT molecular complexity index is 1450. The van der Waals surface area contributed by atoms with Gasteiger partial charge in [0.2, 0.25) is 0 Å². The van der Waals surface area contributed by atoms with Crippen LogP contribution in [-0.4, -0.2) is 45.2 Å². The molecule has 192 valence electrons. The largest absolute Gasteiger partial charge is 0.434 e. The van der Waals surface area contributed by atoms with E-state index in [1.165, 1.54) is 17.2 Å². The maximum atomic E-state index is 12.9. The first-order valence-electron chi connectivity index (χ1n) is 11.7. The molecule has 1 aliphatic rings. The molecule has 3 heterocycles. The highest BCUT2D eigenvalue weighted by atomic mass is 19.3. The van der Waals surface area contributed by atoms with E-state index in [2.05, 4.69) is 19.6 Å². The van der Waals surface area contributed by atoms with E-state index in [1.807, 2.05) is 12.1 Å². The summed E-state index contributed by atoms with van der Waals surface area (Å²) in [5.74, 6) is 0.957. The van der Waals surface area contributed by atoms with Crippen LogP contribution in [-0.2, 0) is 23.2 Å². The SMILES string of the molecule is Cn1c(=O)c2ccc(-c3cnc(N4CCCCC4)cn3)cc2n1Cc1ccccc1OC(F)F.O=C=O. The van der Waals surface area contributed by atoms with E-state index in [9.17, 15) is 13.6 Å². The first-order chi connectivity index (χ1) is 17.9. The van der Waals surface area contributed by atoms with Crippen LogP contribution < -0.4 is 15.2 Å². The standard InChI is InChI=1S/C25H25F2N5O2.CO2/c1-30-24(33)19-10-9-17(20-14-29-23(15-28-20)31-11-5-2-6-12-31)13-21(19)32(30)16-18-7-3-4-8-22(18)34-25(26)27;2-1-3/h3-4,7-10,13-15,25H,2,5-6,11-12,16H2,1H3;. The van der Waals surface area contributed by atoms with Gasteiger partial charge in [0.15, 0.2) is 0 Å². The minimum Gasteiger partial charge on any atom is -0.434 e. The van der Waals surface area contributed by atoms with Crippen molar-refractivity contribution in [3.63, 3.8) is 0 Å². The number of carbonyl (C=O) groups excluding carboxylic acids is 2. The summed E-state index contributed by atoms with van der Waals surface area (Å²) in [5, 5.41) is 0.538. The summed E-state index contributed by atoms with van der Waals surface area (Å²) in [7, 11) is 1.66. The topological polar surface area (TPSA) is 99.3 Å². The Morgan fingerprint density at radius 2 is 1.76 bits per heavy atom. The van der Waals surface area contributed by atoms with E-state index in [0.717, 1.165) is 37.3 Å². The van der Waals surface area contributed by atoms with Crippen molar-refractivity contribution in [1.82, 2.24) is 19.3 Å². The van der Waals surface area contributed by atoms with E-state index in [0.29, 0.717) is 22.2 Å². The predicted molar refractivity (Wildman–Crippen MR) is 131 cm³/mol. The molecule has 9 nitrogen and oxygen atoms in total. The summed E-state index contributed by atoms with van der Waals surface area (Å²) in [6.07, 6.45) is 7.37. The third kappa shape index (κ3) is 5.73. The summed E-state index contributed by atoms with van der Waals surface area (Å²) in [6, 6.07) is 12.1. The molecule has 2 aromatic heterocycles. The van der Waals surface area contributed by atoms with Gasteiger partial charge in [0.25, 0.3) is 5.56 Å². The molecular weight excluding hydrogens is 484 g/mol. The lowest BCUT2D eigenvalue weighted by Crippen LogP contribution is -2.30. The monoisotopic (exact) mass is 509 g/mol. The summed E-state index contributed by atoms with van der Waals surface area (Å²) in [4.78, 5) is 40.6. The van der Waals surface area contributed by atoms with E-state index in [-0.39, 0.29) is 24.0 Å². The number of para-hydroxylation sites is 1. The summed E-state index contributed by atoms with van der Waals surface area (Å²) < 4.78 is 33.6. The summed E-state index contributed by atoms with van der Waals surface area (Å²) in [6.45, 7) is -0.745. The fourth-order valence-corrected chi connectivity index (χ4v) is 4.49. The minimum absolute atomic E-state index is 0.0853. The first kappa shape index (κ1) is 25.7. The maximum absolute atomic E-state index is 12.9. The van der Waals surface area contributed by atoms with Gasteiger partial charge in [0, 0.05) is 31.3 Å². The lowest BCUT2D eigenvalue weighted by molar-refractivity contribution is -0.191. The Balaban J connectivity index is 0.00000102. The van der Waals surface area contributed by atoms with Gasteiger partial charge in [0.05, 0.1) is 35.5 Å². The van der Waals surface area contributed by atoms with Gasteiger partial charge in [-0.2, -0.15) is 18.4 Å². The molecule has 2 aromatic carbocycles. The number of hydrogen-bond acceptors (Lipinski definition) is 7. The lowest BCUT2D eigenvalue weighted by Gasteiger charge is -2.27. The van der Waals surface area contributed by atoms with Crippen molar-refractivity contribution in [3.05, 3.63) is 70.8 Å². The fourth-order valence-electron chi connectivity index (χ4n) is 4.49. The number of anilines is 1. The molecule has 4 aromatic rings. The van der Waals surface area contributed by atoms with Crippen LogP contribution >= 0.6 is 0 Å². The lowest BCUT2D eigenvalue weighted by atomic mass is 10.1. The van der Waals surface area contributed by atoms with Crippen LogP contribution in [0.2, 0.25) is 0 Å². The van der Waals surface area contributed by atoms with Crippen molar-refractivity contribution in [3.8, 4) is 17.0 Å². The number of nitrogens with zero attached hydrogens (tertiary/aromatic N) is 5. The molecule has 11 heteroatoms. The molecule has 1 saturated heterocycles. The molecule has 0 aliphatic carbocycles. The van der Waals surface area contributed by atoms with Crippen molar-refractivity contribution < 1.29 is 23.1 Å². The molecule has 0 bridgehead atoms. The molecule has 0 radical (unpaired) electrons. The van der Waals surface area contributed by atoms with Crippen molar-refractivity contribution in [1.29, 1.82) is 0 Å². The second-order valence-corrected chi connectivity index (χ2v) is 8.50. The Hall–Kier alpha value is -4.37. The van der Waals surface area contributed by atoms with Gasteiger partial charge in [-0.1, -0.05) is 24.3 Å². The Kier molecular flexibility index (Phi) is 8.05. The van der Waals surface area contributed by atoms with E-state index >= 15 is 0 Å². The number of halogens is 2. The molecule has 0 spiro atoms. The molecule has 0 atom stereocenters. The van der Waals surface area contributed by atoms with Crippen LogP contribution in [0, 0.1) is 0 Å². The number of alkyl halides is 2. The van der Waals surface area contributed by atoms with E-state index in [1.54, 1.807) is 48.4 Å². The number of ether oxygens (including phenoxy) is 1. The Labute approximate surface area is 210 Å². The molecular formula is C26H25F2N5O4. The zero-order valence-corrected chi connectivity index (χ0v) is 20.1. The van der Waals surface area contributed by atoms with Crippen LogP contribution in [0.15, 0.2) is 59.7 Å². The highest BCUT2D eigenvalue weighted by molar-refractivity contribution is 5.84. The maximum Gasteiger partial charge on any atom is 0.387 e. The van der Waals surface area contributed by atoms with Crippen molar-refractivity contribution in [2.75, 3.05) is 18.0 Å². The predicted octanol–water partition coefficient (Wildman–Crippen LogP) is 3.85. The smallest absolute Gasteiger partial charge is 0.387 e. The summed E-state index contributed by atoms with van der Waals surface area (Å²) >= 11 is 0. The molecule has 37 heavy (non-hydrogen) atoms. The van der Waals surface area contributed by atoms with Crippen molar-refractivity contribution in [2.24, 2.45) is 7.05 Å². The number of rotatable bonds is 6.